The van der Waals surface area contributed by atoms with Gasteiger partial charge in [0.05, 0.1) is 5.82 Å². The Morgan fingerprint density at radius 1 is 1.00 bits per heavy atom. The van der Waals surface area contributed by atoms with Crippen LogP contribution in [0.2, 0.25) is 0 Å². The molecule has 0 atom stereocenters. The number of benzene rings is 1. The van der Waals surface area contributed by atoms with Crippen molar-refractivity contribution in [2.75, 3.05) is 0 Å². The minimum Gasteiger partial charge on any atom is -0.357 e. The number of hydrogen-bond donors (Lipinski definition) is 0. The predicted molar refractivity (Wildman–Crippen MR) is 84.6 cm³/mol. The van der Waals surface area contributed by atoms with Crippen LogP contribution in [0.15, 0.2) is 36.7 Å². The van der Waals surface area contributed by atoms with Gasteiger partial charge in [-0.3, -0.25) is 4.98 Å². The molecule has 0 unspecified atom stereocenters. The second-order valence-corrected chi connectivity index (χ2v) is 5.43. The number of aryl methyl sites for hydroxylation is 4. The first-order valence-electron chi connectivity index (χ1n) is 7.04. The van der Waals surface area contributed by atoms with Crippen LogP contribution in [0.1, 0.15) is 22.4 Å². The third-order valence-corrected chi connectivity index (χ3v) is 3.71. The van der Waals surface area contributed by atoms with Gasteiger partial charge in [-0.25, -0.2) is 0 Å². The number of imidazole rings is 1. The zero-order chi connectivity index (χ0) is 15.0. The molecule has 2 aromatic heterocycles. The summed E-state index contributed by atoms with van der Waals surface area (Å²) in [6.07, 6.45) is 6.95. The smallest absolute Gasteiger partial charge is 0.0620 e. The van der Waals surface area contributed by atoms with E-state index in [-0.39, 0.29) is 20.1 Å². The number of pyridine rings is 1. The van der Waals surface area contributed by atoms with E-state index >= 15 is 0 Å². The summed E-state index contributed by atoms with van der Waals surface area (Å²) >= 11 is 0. The van der Waals surface area contributed by atoms with Gasteiger partial charge in [0, 0.05) is 38.2 Å². The molecule has 115 valence electrons. The van der Waals surface area contributed by atoms with Crippen molar-refractivity contribution in [2.24, 2.45) is 0 Å². The van der Waals surface area contributed by atoms with Gasteiger partial charge in [-0.1, -0.05) is 37.6 Å². The number of hydrogen-bond acceptors (Lipinski definition) is 2. The zero-order valence-corrected chi connectivity index (χ0v) is 15.5. The molecule has 0 aliphatic heterocycles. The van der Waals surface area contributed by atoms with E-state index in [4.69, 9.17) is 0 Å². The van der Waals surface area contributed by atoms with Crippen LogP contribution in [0.25, 0.3) is 17.1 Å². The summed E-state index contributed by atoms with van der Waals surface area (Å²) in [4.78, 5) is 8.82. The van der Waals surface area contributed by atoms with Gasteiger partial charge in [0.25, 0.3) is 0 Å². The molecule has 4 heteroatoms. The quantitative estimate of drug-likeness (QED) is 0.533. The van der Waals surface area contributed by atoms with Gasteiger partial charge in [-0.2, -0.15) is 0 Å². The standard InChI is InChI=1S/C18H18N3.Ir/c1-12-6-5-7-13(2)17(12)21-9-8-19-18(21)16-11-20-15(4)10-14(16)3;/h5-10H,1-4H3;/q-1;. The predicted octanol–water partition coefficient (Wildman–Crippen LogP) is 3.97. The third-order valence-electron chi connectivity index (χ3n) is 3.71. The normalized spacial score (nSPS) is 10.4. The third kappa shape index (κ3) is 2.90. The van der Waals surface area contributed by atoms with E-state index in [0.29, 0.717) is 0 Å². The average molecular weight is 469 g/mol. The van der Waals surface area contributed by atoms with Gasteiger partial charge in [0.15, 0.2) is 0 Å². The summed E-state index contributed by atoms with van der Waals surface area (Å²) in [5.41, 5.74) is 6.70. The van der Waals surface area contributed by atoms with Gasteiger partial charge in [-0.15, -0.1) is 11.6 Å². The number of para-hydroxylation sites is 1. The van der Waals surface area contributed by atoms with Gasteiger partial charge in [0.2, 0.25) is 0 Å². The van der Waals surface area contributed by atoms with E-state index in [9.17, 15) is 0 Å². The van der Waals surface area contributed by atoms with Crippen LogP contribution in [-0.4, -0.2) is 14.5 Å². The van der Waals surface area contributed by atoms with Crippen LogP contribution >= 0.6 is 0 Å². The van der Waals surface area contributed by atoms with Crippen molar-refractivity contribution in [3.8, 4) is 17.1 Å². The summed E-state index contributed by atoms with van der Waals surface area (Å²) < 4.78 is 2.13. The molecular weight excluding hydrogens is 450 g/mol. The number of nitrogens with zero attached hydrogens (tertiary/aromatic N) is 3. The Balaban J connectivity index is 0.00000176. The maximum Gasteiger partial charge on any atom is 0.0620 e. The van der Waals surface area contributed by atoms with Crippen molar-refractivity contribution in [3.05, 3.63) is 65.2 Å². The van der Waals surface area contributed by atoms with E-state index in [2.05, 4.69) is 65.8 Å². The van der Waals surface area contributed by atoms with Crippen molar-refractivity contribution in [2.45, 2.75) is 27.7 Å². The Labute approximate surface area is 144 Å². The Bertz CT molecular complexity index is 786. The molecule has 0 N–H and O–H groups in total. The fourth-order valence-corrected chi connectivity index (χ4v) is 2.73. The SMILES string of the molecule is Cc1cc(C)c(-c2nccn2-c2c(C)cccc2C)[c-]n1.[Ir]. The number of rotatable bonds is 2. The molecule has 0 amide bonds. The zero-order valence-electron chi connectivity index (χ0n) is 13.1. The van der Waals surface area contributed by atoms with Gasteiger partial charge < -0.3 is 9.55 Å². The first-order chi connectivity index (χ1) is 10.1. The summed E-state index contributed by atoms with van der Waals surface area (Å²) in [7, 11) is 0. The molecule has 2 heterocycles. The van der Waals surface area contributed by atoms with E-state index < -0.39 is 0 Å². The maximum atomic E-state index is 4.53. The van der Waals surface area contributed by atoms with Crippen LogP contribution in [0.5, 0.6) is 0 Å². The molecule has 0 bridgehead atoms. The second kappa shape index (κ2) is 6.55. The van der Waals surface area contributed by atoms with Crippen LogP contribution < -0.4 is 0 Å². The molecule has 1 aromatic carbocycles. The molecule has 0 aliphatic carbocycles. The Hall–Kier alpha value is -1.77. The van der Waals surface area contributed by atoms with E-state index in [1.165, 1.54) is 16.8 Å². The van der Waals surface area contributed by atoms with Crippen molar-refractivity contribution in [1.82, 2.24) is 14.5 Å². The minimum absolute atomic E-state index is 0. The van der Waals surface area contributed by atoms with Gasteiger partial charge >= 0.3 is 0 Å². The summed E-state index contributed by atoms with van der Waals surface area (Å²) in [5.74, 6) is 0.886. The molecular formula is C18H18IrN3-. The molecule has 0 saturated heterocycles. The first-order valence-corrected chi connectivity index (χ1v) is 7.04. The fraction of sp³-hybridized carbons (Fsp3) is 0.222. The Kier molecular flexibility index (Phi) is 4.94. The van der Waals surface area contributed by atoms with Crippen LogP contribution in [0, 0.1) is 33.9 Å². The average Bonchev–Trinajstić information content (AvgIpc) is 2.87. The van der Waals surface area contributed by atoms with Crippen molar-refractivity contribution in [1.29, 1.82) is 0 Å². The molecule has 1 radical (unpaired) electrons. The molecule has 3 rings (SSSR count). The minimum atomic E-state index is 0. The Morgan fingerprint density at radius 3 is 2.32 bits per heavy atom. The molecule has 0 aliphatic rings. The fourth-order valence-electron chi connectivity index (χ4n) is 2.73. The van der Waals surface area contributed by atoms with Crippen LogP contribution in [-0.2, 0) is 20.1 Å². The van der Waals surface area contributed by atoms with Crippen molar-refractivity contribution in [3.63, 3.8) is 0 Å². The largest absolute Gasteiger partial charge is 0.357 e. The van der Waals surface area contributed by atoms with Gasteiger partial charge in [0.1, 0.15) is 0 Å². The van der Waals surface area contributed by atoms with Crippen molar-refractivity contribution < 1.29 is 20.1 Å². The monoisotopic (exact) mass is 469 g/mol. The Morgan fingerprint density at radius 2 is 1.68 bits per heavy atom. The van der Waals surface area contributed by atoms with E-state index in [0.717, 1.165) is 22.6 Å². The molecule has 0 fully saturated rings. The van der Waals surface area contributed by atoms with E-state index in [1.807, 2.05) is 19.3 Å². The van der Waals surface area contributed by atoms with Crippen LogP contribution in [0.4, 0.5) is 0 Å². The van der Waals surface area contributed by atoms with Crippen molar-refractivity contribution >= 4 is 0 Å². The second-order valence-electron chi connectivity index (χ2n) is 5.43. The number of aromatic nitrogens is 3. The molecule has 3 nitrogen and oxygen atoms in total. The topological polar surface area (TPSA) is 30.7 Å². The van der Waals surface area contributed by atoms with E-state index in [1.54, 1.807) is 0 Å². The molecule has 0 spiro atoms. The molecule has 3 aromatic rings. The first kappa shape index (κ1) is 16.6. The summed E-state index contributed by atoms with van der Waals surface area (Å²) in [6.45, 7) is 8.29. The summed E-state index contributed by atoms with van der Waals surface area (Å²) in [6, 6.07) is 8.39. The molecule has 22 heavy (non-hydrogen) atoms. The summed E-state index contributed by atoms with van der Waals surface area (Å²) in [5, 5.41) is 0. The van der Waals surface area contributed by atoms with Gasteiger partial charge in [-0.05, 0) is 36.9 Å². The maximum absolute atomic E-state index is 4.53. The van der Waals surface area contributed by atoms with Crippen LogP contribution in [0.3, 0.4) is 0 Å². The molecule has 0 saturated carbocycles.